The third-order valence-electron chi connectivity index (χ3n) is 6.88. The second-order valence-electron chi connectivity index (χ2n) is 9.56. The molecule has 0 radical (unpaired) electrons. The summed E-state index contributed by atoms with van der Waals surface area (Å²) < 4.78 is 8.63. The molecular weight excluding hydrogens is 504 g/mol. The van der Waals surface area contributed by atoms with Crippen molar-refractivity contribution in [3.05, 3.63) is 48.3 Å². The lowest BCUT2D eigenvalue weighted by atomic mass is 10.1. The Morgan fingerprint density at radius 1 is 1.18 bits per heavy atom. The van der Waals surface area contributed by atoms with Gasteiger partial charge in [-0.1, -0.05) is 0 Å². The monoisotopic (exact) mass is 536 g/mol. The Bertz CT molecular complexity index is 1440. The molecule has 0 saturated carbocycles. The minimum atomic E-state index is -0.290. The summed E-state index contributed by atoms with van der Waals surface area (Å²) in [5.41, 5.74) is 3.16. The van der Waals surface area contributed by atoms with Crippen molar-refractivity contribution in [3.63, 3.8) is 0 Å². The average molecular weight is 537 g/mol. The zero-order chi connectivity index (χ0) is 26.6. The number of pyridine rings is 1. The molecule has 1 aliphatic heterocycles. The van der Waals surface area contributed by atoms with Crippen molar-refractivity contribution >= 4 is 39.4 Å². The molecule has 0 spiro atoms. The topological polar surface area (TPSA) is 119 Å². The number of amides is 2. The number of hydrogen-bond donors (Lipinski definition) is 2. The maximum atomic E-state index is 13.2. The molecule has 0 bridgehead atoms. The third-order valence-corrected chi connectivity index (χ3v) is 8.04. The van der Waals surface area contributed by atoms with Crippen molar-refractivity contribution in [3.8, 4) is 10.4 Å². The lowest BCUT2D eigenvalue weighted by molar-refractivity contribution is -0.116. The van der Waals surface area contributed by atoms with E-state index >= 15 is 0 Å². The smallest absolute Gasteiger partial charge is 0.260 e. The zero-order valence-corrected chi connectivity index (χ0v) is 22.6. The van der Waals surface area contributed by atoms with E-state index in [2.05, 4.69) is 37.8 Å². The van der Waals surface area contributed by atoms with E-state index in [0.717, 1.165) is 34.7 Å². The first kappa shape index (κ1) is 26.0. The second-order valence-corrected chi connectivity index (χ2v) is 10.6. The van der Waals surface area contributed by atoms with Crippen molar-refractivity contribution in [2.75, 3.05) is 37.9 Å². The van der Waals surface area contributed by atoms with Gasteiger partial charge in [-0.2, -0.15) is 10.2 Å². The van der Waals surface area contributed by atoms with Crippen molar-refractivity contribution < 1.29 is 14.3 Å². The van der Waals surface area contributed by atoms with Gasteiger partial charge < -0.3 is 20.3 Å². The van der Waals surface area contributed by atoms with Crippen molar-refractivity contribution in [2.24, 2.45) is 0 Å². The number of aryl methyl sites for hydroxylation is 1. The van der Waals surface area contributed by atoms with E-state index in [4.69, 9.17) is 4.74 Å². The Morgan fingerprint density at radius 2 is 2.05 bits per heavy atom. The van der Waals surface area contributed by atoms with E-state index < -0.39 is 0 Å². The van der Waals surface area contributed by atoms with Gasteiger partial charge in [-0.15, -0.1) is 11.3 Å². The largest absolute Gasteiger partial charge is 0.383 e. The van der Waals surface area contributed by atoms with Crippen LogP contribution in [0.5, 0.6) is 0 Å². The van der Waals surface area contributed by atoms with Crippen molar-refractivity contribution in [1.82, 2.24) is 29.3 Å². The predicted molar refractivity (Wildman–Crippen MR) is 147 cm³/mol. The third kappa shape index (κ3) is 5.77. The minimum Gasteiger partial charge on any atom is -0.383 e. The number of carbonyl (C=O) groups excluding carboxylic acids is 2. The van der Waals surface area contributed by atoms with Crippen molar-refractivity contribution in [2.45, 2.75) is 45.2 Å². The molecule has 38 heavy (non-hydrogen) atoms. The van der Waals surface area contributed by atoms with Crippen LogP contribution in [-0.2, 0) is 16.1 Å². The molecule has 1 fully saturated rings. The van der Waals surface area contributed by atoms with Crippen LogP contribution in [0.25, 0.3) is 15.3 Å². The molecule has 5 heterocycles. The van der Waals surface area contributed by atoms with Crippen LogP contribution >= 0.6 is 11.3 Å². The van der Waals surface area contributed by atoms with E-state index in [1.807, 2.05) is 24.0 Å². The first-order valence-corrected chi connectivity index (χ1v) is 13.5. The highest BCUT2D eigenvalue weighted by Crippen LogP contribution is 2.31. The molecule has 200 valence electrons. The molecule has 1 atom stereocenters. The summed E-state index contributed by atoms with van der Waals surface area (Å²) in [4.78, 5) is 34.1. The van der Waals surface area contributed by atoms with Crippen LogP contribution in [0.4, 0.5) is 11.4 Å². The number of anilines is 2. The number of aromatic nitrogens is 5. The van der Waals surface area contributed by atoms with E-state index in [9.17, 15) is 9.59 Å². The van der Waals surface area contributed by atoms with Gasteiger partial charge in [0.05, 0.1) is 59.3 Å². The van der Waals surface area contributed by atoms with Crippen molar-refractivity contribution in [1.29, 1.82) is 0 Å². The number of thiazole rings is 1. The van der Waals surface area contributed by atoms with E-state index in [1.54, 1.807) is 36.3 Å². The number of nitrogens with one attached hydrogen (secondary N) is 2. The summed E-state index contributed by atoms with van der Waals surface area (Å²) in [7, 11) is 3.77. The molecule has 11 nitrogen and oxygen atoms in total. The van der Waals surface area contributed by atoms with Gasteiger partial charge in [0.25, 0.3) is 5.91 Å². The SMILES string of the molecule is COCCn1cc(-c2cn3ncc(C(=O)Nc4cc(NC(=O)CCC5CCCN5C)cnc4C)c3s2)cn1. The van der Waals surface area contributed by atoms with Crippen LogP contribution in [0.2, 0.25) is 0 Å². The molecule has 0 aromatic carbocycles. The van der Waals surface area contributed by atoms with Gasteiger partial charge in [-0.3, -0.25) is 19.3 Å². The number of carbonyl (C=O) groups is 2. The maximum Gasteiger partial charge on any atom is 0.260 e. The van der Waals surface area contributed by atoms with Gasteiger partial charge in [0.1, 0.15) is 4.83 Å². The molecule has 4 aromatic heterocycles. The highest BCUT2D eigenvalue weighted by atomic mass is 32.1. The number of nitrogens with zero attached hydrogens (tertiary/aromatic N) is 6. The average Bonchev–Trinajstić information content (AvgIpc) is 3.68. The number of hydrogen-bond acceptors (Lipinski definition) is 8. The molecule has 4 aromatic rings. The summed E-state index contributed by atoms with van der Waals surface area (Å²) in [6, 6.07) is 2.21. The molecule has 1 saturated heterocycles. The number of methoxy groups -OCH3 is 1. The van der Waals surface area contributed by atoms with E-state index in [0.29, 0.717) is 48.2 Å². The molecule has 12 heteroatoms. The molecule has 1 aliphatic rings. The molecule has 5 rings (SSSR count). The standard InChI is InChI=1S/C26H32N8O3S/c1-17-22(11-19(13-27-17)30-24(35)7-6-20-5-4-8-32(20)2)31-25(36)21-14-29-34-16-23(38-26(21)34)18-12-28-33(15-18)9-10-37-3/h11-16,20H,4-10H2,1-3H3,(H,30,35)(H,31,36). The molecule has 2 amide bonds. The van der Waals surface area contributed by atoms with Gasteiger partial charge in [0, 0.05) is 37.5 Å². The van der Waals surface area contributed by atoms with Crippen LogP contribution < -0.4 is 10.6 Å². The van der Waals surface area contributed by atoms with E-state index in [1.165, 1.54) is 17.8 Å². The molecular formula is C26H32N8O3S. The maximum absolute atomic E-state index is 13.2. The first-order valence-electron chi connectivity index (χ1n) is 12.7. The van der Waals surface area contributed by atoms with Crippen LogP contribution in [0.3, 0.4) is 0 Å². The van der Waals surface area contributed by atoms with Gasteiger partial charge in [0.15, 0.2) is 0 Å². The Kier molecular flexibility index (Phi) is 7.82. The highest BCUT2D eigenvalue weighted by Gasteiger charge is 2.22. The number of fused-ring (bicyclic) bond motifs is 1. The predicted octanol–water partition coefficient (Wildman–Crippen LogP) is 3.67. The highest BCUT2D eigenvalue weighted by molar-refractivity contribution is 7.21. The van der Waals surface area contributed by atoms with Crippen LogP contribution in [-0.4, -0.2) is 74.4 Å². The first-order chi connectivity index (χ1) is 18.4. The normalized spacial score (nSPS) is 15.8. The number of ether oxygens (including phenoxy) is 1. The lowest BCUT2D eigenvalue weighted by Crippen LogP contribution is -2.26. The van der Waals surface area contributed by atoms with Crippen LogP contribution in [0.15, 0.2) is 37.1 Å². The summed E-state index contributed by atoms with van der Waals surface area (Å²) in [6.45, 7) is 4.15. The molecule has 1 unspecified atom stereocenters. The molecule has 0 aliphatic carbocycles. The number of likely N-dealkylation sites (tertiary alicyclic amines) is 1. The van der Waals surface area contributed by atoms with Gasteiger partial charge in [-0.05, 0) is 45.8 Å². The van der Waals surface area contributed by atoms with Gasteiger partial charge in [-0.25, -0.2) is 4.52 Å². The quantitative estimate of drug-likeness (QED) is 0.317. The molecule has 2 N–H and O–H groups in total. The Morgan fingerprint density at radius 3 is 2.84 bits per heavy atom. The minimum absolute atomic E-state index is 0.0526. The summed E-state index contributed by atoms with van der Waals surface area (Å²) >= 11 is 1.47. The fraction of sp³-hybridized carbons (Fsp3) is 0.423. The summed E-state index contributed by atoms with van der Waals surface area (Å²) in [5.74, 6) is -0.343. The van der Waals surface area contributed by atoms with Crippen LogP contribution in [0, 0.1) is 6.92 Å². The van der Waals surface area contributed by atoms with E-state index in [-0.39, 0.29) is 11.8 Å². The summed E-state index contributed by atoms with van der Waals surface area (Å²) in [6.07, 6.45) is 12.4. The Balaban J connectivity index is 1.25. The zero-order valence-electron chi connectivity index (χ0n) is 21.8. The number of rotatable bonds is 10. The second kappa shape index (κ2) is 11.4. The van der Waals surface area contributed by atoms with Crippen LogP contribution in [0.1, 0.15) is 41.7 Å². The Hall–Kier alpha value is -3.61. The van der Waals surface area contributed by atoms with Gasteiger partial charge in [0.2, 0.25) is 5.91 Å². The fourth-order valence-electron chi connectivity index (χ4n) is 4.66. The summed E-state index contributed by atoms with van der Waals surface area (Å²) in [5, 5.41) is 14.6. The fourth-order valence-corrected chi connectivity index (χ4v) is 5.69. The Labute approximate surface area is 224 Å². The lowest BCUT2D eigenvalue weighted by Gasteiger charge is -2.18. The van der Waals surface area contributed by atoms with Gasteiger partial charge >= 0.3 is 0 Å².